The van der Waals surface area contributed by atoms with Crippen LogP contribution in [0.15, 0.2) is 79.5 Å². The van der Waals surface area contributed by atoms with Crippen LogP contribution in [0.2, 0.25) is 0 Å². The summed E-state index contributed by atoms with van der Waals surface area (Å²) in [5.74, 6) is -0.327. The minimum absolute atomic E-state index is 0.322. The van der Waals surface area contributed by atoms with Crippen molar-refractivity contribution in [2.24, 2.45) is 0 Å². The first-order valence-electron chi connectivity index (χ1n) is 9.25. The second-order valence-corrected chi connectivity index (χ2v) is 6.62. The van der Waals surface area contributed by atoms with Crippen molar-refractivity contribution in [2.45, 2.75) is 6.04 Å². The molecule has 0 aliphatic rings. The number of aliphatic hydroxyl groups is 1. The molecule has 1 amide bonds. The third-order valence-corrected chi connectivity index (χ3v) is 4.60. The van der Waals surface area contributed by atoms with Gasteiger partial charge in [0, 0.05) is 17.8 Å². The fourth-order valence-electron chi connectivity index (χ4n) is 3.07. The largest absolute Gasteiger partial charge is 0.394 e. The Hall–Kier alpha value is -3.77. The van der Waals surface area contributed by atoms with E-state index in [2.05, 4.69) is 21.4 Å². The molecule has 144 valence electrons. The van der Waals surface area contributed by atoms with E-state index in [4.69, 9.17) is 0 Å². The van der Waals surface area contributed by atoms with Gasteiger partial charge in [-0.1, -0.05) is 48.6 Å². The molecule has 0 radical (unpaired) electrons. The van der Waals surface area contributed by atoms with Crippen molar-refractivity contribution < 1.29 is 9.90 Å². The molecule has 0 unspecified atom stereocenters. The van der Waals surface area contributed by atoms with Gasteiger partial charge in [0.25, 0.3) is 0 Å². The van der Waals surface area contributed by atoms with Crippen molar-refractivity contribution in [2.75, 3.05) is 11.9 Å². The van der Waals surface area contributed by atoms with Crippen molar-refractivity contribution in [1.29, 1.82) is 0 Å². The SMILES string of the molecule is O=C(Nc1cnc2ccc(/C=C/c3ccccc3)cc2c1)[C@H](CO)n1ccnc1. The Labute approximate surface area is 168 Å². The minimum Gasteiger partial charge on any atom is -0.394 e. The van der Waals surface area contributed by atoms with Gasteiger partial charge in [-0.15, -0.1) is 0 Å². The van der Waals surface area contributed by atoms with Crippen molar-refractivity contribution in [1.82, 2.24) is 14.5 Å². The Kier molecular flexibility index (Phi) is 5.45. The molecule has 2 heterocycles. The molecule has 0 saturated carbocycles. The topological polar surface area (TPSA) is 80.0 Å². The van der Waals surface area contributed by atoms with Gasteiger partial charge in [0.05, 0.1) is 30.3 Å². The normalized spacial score (nSPS) is 12.3. The quantitative estimate of drug-likeness (QED) is 0.496. The lowest BCUT2D eigenvalue weighted by atomic mass is 10.1. The van der Waals surface area contributed by atoms with Crippen LogP contribution >= 0.6 is 0 Å². The lowest BCUT2D eigenvalue weighted by Gasteiger charge is -2.15. The summed E-state index contributed by atoms with van der Waals surface area (Å²) >= 11 is 0. The molecule has 0 spiro atoms. The van der Waals surface area contributed by atoms with Gasteiger partial charge >= 0.3 is 0 Å². The number of amides is 1. The lowest BCUT2D eigenvalue weighted by Crippen LogP contribution is -2.28. The van der Waals surface area contributed by atoms with Gasteiger partial charge in [0.1, 0.15) is 6.04 Å². The van der Waals surface area contributed by atoms with Gasteiger partial charge in [-0.25, -0.2) is 4.98 Å². The highest BCUT2D eigenvalue weighted by Crippen LogP contribution is 2.20. The monoisotopic (exact) mass is 384 g/mol. The number of pyridine rings is 1. The van der Waals surface area contributed by atoms with E-state index in [-0.39, 0.29) is 12.5 Å². The lowest BCUT2D eigenvalue weighted by molar-refractivity contribution is -0.120. The van der Waals surface area contributed by atoms with E-state index in [9.17, 15) is 9.90 Å². The van der Waals surface area contributed by atoms with Crippen LogP contribution in [0.4, 0.5) is 5.69 Å². The van der Waals surface area contributed by atoms with Crippen molar-refractivity contribution in [3.63, 3.8) is 0 Å². The standard InChI is InChI=1S/C23H20N4O2/c28-15-22(27-11-10-24-16-27)23(29)26-20-13-19-12-18(8-9-21(19)25-14-20)7-6-17-4-2-1-3-5-17/h1-14,16,22,28H,15H2,(H,26,29)/b7-6+/t22-/m0/s1. The second kappa shape index (κ2) is 8.50. The molecule has 0 aliphatic heterocycles. The highest BCUT2D eigenvalue weighted by molar-refractivity contribution is 5.96. The number of nitrogens with zero attached hydrogens (tertiary/aromatic N) is 3. The number of hydrogen-bond acceptors (Lipinski definition) is 4. The van der Waals surface area contributed by atoms with Crippen LogP contribution in [0.3, 0.4) is 0 Å². The fraction of sp³-hybridized carbons (Fsp3) is 0.0870. The highest BCUT2D eigenvalue weighted by Gasteiger charge is 2.19. The number of imidazole rings is 1. The number of rotatable bonds is 6. The Morgan fingerprint density at radius 2 is 1.93 bits per heavy atom. The molecule has 2 aromatic heterocycles. The predicted molar refractivity (Wildman–Crippen MR) is 114 cm³/mol. The molecule has 0 fully saturated rings. The molecule has 2 N–H and O–H groups in total. The summed E-state index contributed by atoms with van der Waals surface area (Å²) in [7, 11) is 0. The summed E-state index contributed by atoms with van der Waals surface area (Å²) in [5.41, 5.74) is 3.58. The first-order valence-corrected chi connectivity index (χ1v) is 9.25. The van der Waals surface area contributed by atoms with Gasteiger partial charge < -0.3 is 15.0 Å². The van der Waals surface area contributed by atoms with Crippen molar-refractivity contribution in [3.05, 3.63) is 90.6 Å². The van der Waals surface area contributed by atoms with Gasteiger partial charge in [-0.05, 0) is 29.3 Å². The van der Waals surface area contributed by atoms with Crippen LogP contribution in [0.5, 0.6) is 0 Å². The molecule has 1 atom stereocenters. The summed E-state index contributed by atoms with van der Waals surface area (Å²) < 4.78 is 1.57. The molecule has 0 saturated heterocycles. The Morgan fingerprint density at radius 1 is 1.10 bits per heavy atom. The van der Waals surface area contributed by atoms with Gasteiger partial charge in [-0.3, -0.25) is 9.78 Å². The predicted octanol–water partition coefficient (Wildman–Crippen LogP) is 3.77. The van der Waals surface area contributed by atoms with Crippen LogP contribution in [0.1, 0.15) is 17.2 Å². The minimum atomic E-state index is -0.742. The number of carbonyl (C=O) groups is 1. The van der Waals surface area contributed by atoms with Crippen molar-refractivity contribution >= 4 is 34.6 Å². The van der Waals surface area contributed by atoms with E-state index in [1.807, 2.05) is 60.7 Å². The molecular formula is C23H20N4O2. The summed E-state index contributed by atoms with van der Waals surface area (Å²) in [6.07, 6.45) is 10.4. The first kappa shape index (κ1) is 18.6. The summed E-state index contributed by atoms with van der Waals surface area (Å²) in [6.45, 7) is -0.322. The third kappa shape index (κ3) is 4.39. The fourth-order valence-corrected chi connectivity index (χ4v) is 3.07. The summed E-state index contributed by atoms with van der Waals surface area (Å²) in [4.78, 5) is 20.9. The number of fused-ring (bicyclic) bond motifs is 1. The van der Waals surface area contributed by atoms with Gasteiger partial charge in [0.15, 0.2) is 0 Å². The smallest absolute Gasteiger partial charge is 0.249 e. The molecular weight excluding hydrogens is 364 g/mol. The van der Waals surface area contributed by atoms with Crippen LogP contribution in [-0.4, -0.2) is 32.2 Å². The van der Waals surface area contributed by atoms with Gasteiger partial charge in [0.2, 0.25) is 5.91 Å². The van der Waals surface area contributed by atoms with Gasteiger partial charge in [-0.2, -0.15) is 0 Å². The molecule has 0 aliphatic carbocycles. The zero-order valence-corrected chi connectivity index (χ0v) is 15.6. The zero-order valence-electron chi connectivity index (χ0n) is 15.6. The molecule has 0 bridgehead atoms. The Morgan fingerprint density at radius 3 is 2.69 bits per heavy atom. The second-order valence-electron chi connectivity index (χ2n) is 6.62. The maximum atomic E-state index is 12.5. The van der Waals surface area contributed by atoms with E-state index < -0.39 is 6.04 Å². The summed E-state index contributed by atoms with van der Waals surface area (Å²) in [5, 5.41) is 13.3. The summed E-state index contributed by atoms with van der Waals surface area (Å²) in [6, 6.07) is 17.2. The third-order valence-electron chi connectivity index (χ3n) is 4.60. The van der Waals surface area contributed by atoms with Crippen molar-refractivity contribution in [3.8, 4) is 0 Å². The maximum Gasteiger partial charge on any atom is 0.249 e. The average molecular weight is 384 g/mol. The van der Waals surface area contributed by atoms with E-state index in [1.165, 1.54) is 6.33 Å². The number of aliphatic hydroxyl groups excluding tert-OH is 1. The first-order chi connectivity index (χ1) is 14.2. The Bertz CT molecular complexity index is 1140. The molecule has 4 rings (SSSR count). The molecule has 6 heteroatoms. The molecule has 29 heavy (non-hydrogen) atoms. The number of anilines is 1. The molecule has 6 nitrogen and oxygen atoms in total. The highest BCUT2D eigenvalue weighted by atomic mass is 16.3. The van der Waals surface area contributed by atoms with Crippen LogP contribution in [0.25, 0.3) is 23.1 Å². The van der Waals surface area contributed by atoms with Crippen LogP contribution in [-0.2, 0) is 4.79 Å². The van der Waals surface area contributed by atoms with E-state index in [0.717, 1.165) is 22.0 Å². The molecule has 2 aromatic carbocycles. The Balaban J connectivity index is 1.55. The number of benzene rings is 2. The van der Waals surface area contributed by atoms with E-state index in [1.54, 1.807) is 23.2 Å². The number of hydrogen-bond donors (Lipinski definition) is 2. The van der Waals surface area contributed by atoms with Crippen LogP contribution < -0.4 is 5.32 Å². The molecule has 4 aromatic rings. The average Bonchev–Trinajstić information content (AvgIpc) is 3.27. The zero-order chi connectivity index (χ0) is 20.1. The number of carbonyl (C=O) groups excluding carboxylic acids is 1. The number of nitrogens with one attached hydrogen (secondary N) is 1. The maximum absolute atomic E-state index is 12.5. The van der Waals surface area contributed by atoms with Crippen LogP contribution in [0, 0.1) is 0 Å². The van der Waals surface area contributed by atoms with E-state index >= 15 is 0 Å². The van der Waals surface area contributed by atoms with E-state index in [0.29, 0.717) is 5.69 Å². The number of aromatic nitrogens is 3.